The summed E-state index contributed by atoms with van der Waals surface area (Å²) >= 11 is 11.2. The second-order valence-electron chi connectivity index (χ2n) is 5.37. The molecule has 0 saturated carbocycles. The molecule has 0 aliphatic rings. The molecular formula is C20H17ClN2OS. The van der Waals surface area contributed by atoms with Crippen LogP contribution in [0.1, 0.15) is 5.56 Å². The van der Waals surface area contributed by atoms with E-state index >= 15 is 0 Å². The molecule has 0 aliphatic heterocycles. The van der Waals surface area contributed by atoms with Crippen LogP contribution >= 0.6 is 23.8 Å². The molecule has 0 spiro atoms. The number of ether oxygens (including phenoxy) is 1. The number of benzene rings is 3. The van der Waals surface area contributed by atoms with Gasteiger partial charge in [0.25, 0.3) is 0 Å². The van der Waals surface area contributed by atoms with Crippen LogP contribution in [0.3, 0.4) is 0 Å². The molecule has 0 radical (unpaired) electrons. The molecule has 0 aromatic heterocycles. The van der Waals surface area contributed by atoms with Crippen molar-refractivity contribution in [2.75, 3.05) is 5.32 Å². The summed E-state index contributed by atoms with van der Waals surface area (Å²) in [6.45, 7) is 0.637. The van der Waals surface area contributed by atoms with E-state index in [1.807, 2.05) is 78.9 Å². The van der Waals surface area contributed by atoms with Gasteiger partial charge in [0.1, 0.15) is 11.5 Å². The largest absolute Gasteiger partial charge is 0.457 e. The number of halogens is 1. The van der Waals surface area contributed by atoms with E-state index in [4.69, 9.17) is 28.6 Å². The van der Waals surface area contributed by atoms with Gasteiger partial charge in [0.05, 0.1) is 0 Å². The van der Waals surface area contributed by atoms with Crippen molar-refractivity contribution in [3.8, 4) is 11.5 Å². The van der Waals surface area contributed by atoms with Gasteiger partial charge in [0, 0.05) is 17.3 Å². The highest BCUT2D eigenvalue weighted by molar-refractivity contribution is 7.80. The van der Waals surface area contributed by atoms with E-state index in [-0.39, 0.29) is 0 Å². The van der Waals surface area contributed by atoms with Gasteiger partial charge in [-0.15, -0.1) is 0 Å². The Morgan fingerprint density at radius 1 is 0.840 bits per heavy atom. The third-order valence-electron chi connectivity index (χ3n) is 3.46. The Morgan fingerprint density at radius 3 is 2.16 bits per heavy atom. The maximum Gasteiger partial charge on any atom is 0.171 e. The van der Waals surface area contributed by atoms with Gasteiger partial charge in [0.15, 0.2) is 5.11 Å². The Kier molecular flexibility index (Phi) is 5.88. The highest BCUT2D eigenvalue weighted by atomic mass is 35.5. The molecule has 126 valence electrons. The van der Waals surface area contributed by atoms with E-state index in [0.29, 0.717) is 11.7 Å². The smallest absolute Gasteiger partial charge is 0.171 e. The van der Waals surface area contributed by atoms with Crippen molar-refractivity contribution in [3.05, 3.63) is 89.4 Å². The molecule has 0 atom stereocenters. The van der Waals surface area contributed by atoms with Crippen LogP contribution in [-0.4, -0.2) is 5.11 Å². The van der Waals surface area contributed by atoms with Crippen molar-refractivity contribution >= 4 is 34.6 Å². The second kappa shape index (κ2) is 8.51. The van der Waals surface area contributed by atoms with E-state index in [1.54, 1.807) is 0 Å². The van der Waals surface area contributed by atoms with Crippen molar-refractivity contribution < 1.29 is 4.74 Å². The first-order chi connectivity index (χ1) is 12.2. The van der Waals surface area contributed by atoms with Gasteiger partial charge in [-0.1, -0.05) is 41.9 Å². The van der Waals surface area contributed by atoms with E-state index in [9.17, 15) is 0 Å². The van der Waals surface area contributed by atoms with Gasteiger partial charge in [-0.3, -0.25) is 0 Å². The normalized spacial score (nSPS) is 10.1. The molecule has 0 saturated heterocycles. The number of nitrogens with one attached hydrogen (secondary N) is 2. The fraction of sp³-hybridized carbons (Fsp3) is 0.0500. The Hall–Kier alpha value is -2.56. The summed E-state index contributed by atoms with van der Waals surface area (Å²) in [6, 6.07) is 25.0. The number of rotatable bonds is 5. The minimum atomic E-state index is 0.562. The fourth-order valence-corrected chi connectivity index (χ4v) is 2.51. The molecule has 3 aromatic carbocycles. The quantitative estimate of drug-likeness (QED) is 0.573. The molecule has 0 unspecified atom stereocenters. The summed E-state index contributed by atoms with van der Waals surface area (Å²) in [6.07, 6.45) is 0. The Morgan fingerprint density at radius 2 is 1.48 bits per heavy atom. The maximum atomic E-state index is 5.88. The highest BCUT2D eigenvalue weighted by Gasteiger charge is 2.00. The molecule has 5 heteroatoms. The summed E-state index contributed by atoms with van der Waals surface area (Å²) in [7, 11) is 0. The average molecular weight is 369 g/mol. The zero-order valence-corrected chi connectivity index (χ0v) is 15.0. The van der Waals surface area contributed by atoms with Crippen molar-refractivity contribution in [2.24, 2.45) is 0 Å². The lowest BCUT2D eigenvalue weighted by Crippen LogP contribution is -2.27. The third kappa shape index (κ3) is 5.48. The summed E-state index contributed by atoms with van der Waals surface area (Å²) in [4.78, 5) is 0. The first-order valence-corrected chi connectivity index (χ1v) is 8.60. The summed E-state index contributed by atoms with van der Waals surface area (Å²) in [5.74, 6) is 1.58. The average Bonchev–Trinajstić information content (AvgIpc) is 2.64. The van der Waals surface area contributed by atoms with Crippen LogP contribution in [0.4, 0.5) is 5.69 Å². The minimum absolute atomic E-state index is 0.562. The van der Waals surface area contributed by atoms with Crippen LogP contribution in [0.2, 0.25) is 5.02 Å². The zero-order valence-electron chi connectivity index (χ0n) is 13.4. The Bertz CT molecular complexity index is 821. The number of thiocarbonyl (C=S) groups is 1. The molecule has 3 nitrogen and oxygen atoms in total. The van der Waals surface area contributed by atoms with Crippen molar-refractivity contribution in [3.63, 3.8) is 0 Å². The molecule has 0 fully saturated rings. The van der Waals surface area contributed by atoms with Crippen LogP contribution in [-0.2, 0) is 6.54 Å². The molecule has 3 rings (SSSR count). The zero-order chi connectivity index (χ0) is 17.5. The summed E-state index contributed by atoms with van der Waals surface area (Å²) in [5.41, 5.74) is 2.01. The molecule has 3 aromatic rings. The van der Waals surface area contributed by atoms with Crippen molar-refractivity contribution in [1.29, 1.82) is 0 Å². The standard InChI is InChI=1S/C20H17ClN2OS/c21-16-8-6-15(7-9-16)14-22-20(25)23-17-10-12-19(13-11-17)24-18-4-2-1-3-5-18/h1-13H,14H2,(H2,22,23,25). The number of hydrogen-bond acceptors (Lipinski definition) is 2. The van der Waals surface area contributed by atoms with E-state index in [0.717, 1.165) is 27.8 Å². The van der Waals surface area contributed by atoms with Gasteiger partial charge < -0.3 is 15.4 Å². The molecule has 2 N–H and O–H groups in total. The highest BCUT2D eigenvalue weighted by Crippen LogP contribution is 2.22. The monoisotopic (exact) mass is 368 g/mol. The lowest BCUT2D eigenvalue weighted by Gasteiger charge is -2.11. The van der Waals surface area contributed by atoms with Gasteiger partial charge >= 0.3 is 0 Å². The van der Waals surface area contributed by atoms with E-state index < -0.39 is 0 Å². The first-order valence-electron chi connectivity index (χ1n) is 7.81. The lowest BCUT2D eigenvalue weighted by atomic mass is 10.2. The van der Waals surface area contributed by atoms with Gasteiger partial charge in [-0.25, -0.2) is 0 Å². The SMILES string of the molecule is S=C(NCc1ccc(Cl)cc1)Nc1ccc(Oc2ccccc2)cc1. The summed E-state index contributed by atoms with van der Waals surface area (Å²) < 4.78 is 5.77. The molecule has 25 heavy (non-hydrogen) atoms. The predicted molar refractivity (Wildman–Crippen MR) is 107 cm³/mol. The van der Waals surface area contributed by atoms with E-state index in [1.165, 1.54) is 0 Å². The second-order valence-corrected chi connectivity index (χ2v) is 6.22. The fourth-order valence-electron chi connectivity index (χ4n) is 2.19. The van der Waals surface area contributed by atoms with Gasteiger partial charge in [0.2, 0.25) is 0 Å². The number of para-hydroxylation sites is 1. The Labute approximate surface area is 157 Å². The van der Waals surface area contributed by atoms with Crippen LogP contribution < -0.4 is 15.4 Å². The Balaban J connectivity index is 1.50. The van der Waals surface area contributed by atoms with Gasteiger partial charge in [-0.2, -0.15) is 0 Å². The molecule has 0 heterocycles. The molecular weight excluding hydrogens is 352 g/mol. The maximum absolute atomic E-state index is 5.88. The topological polar surface area (TPSA) is 33.3 Å². The first kappa shape index (κ1) is 17.3. The van der Waals surface area contributed by atoms with Crippen LogP contribution in [0.25, 0.3) is 0 Å². The minimum Gasteiger partial charge on any atom is -0.457 e. The van der Waals surface area contributed by atoms with Crippen LogP contribution in [0, 0.1) is 0 Å². The number of hydrogen-bond donors (Lipinski definition) is 2. The predicted octanol–water partition coefficient (Wildman–Crippen LogP) is 5.62. The molecule has 0 aliphatic carbocycles. The third-order valence-corrected chi connectivity index (χ3v) is 3.96. The lowest BCUT2D eigenvalue weighted by molar-refractivity contribution is 0.483. The van der Waals surface area contributed by atoms with Crippen molar-refractivity contribution in [1.82, 2.24) is 5.32 Å². The van der Waals surface area contributed by atoms with Crippen molar-refractivity contribution in [2.45, 2.75) is 6.54 Å². The molecule has 0 bridgehead atoms. The number of anilines is 1. The van der Waals surface area contributed by atoms with E-state index in [2.05, 4.69) is 10.6 Å². The van der Waals surface area contributed by atoms with Gasteiger partial charge in [-0.05, 0) is 66.3 Å². The van der Waals surface area contributed by atoms with Crippen LogP contribution in [0.15, 0.2) is 78.9 Å². The van der Waals surface area contributed by atoms with Crippen LogP contribution in [0.5, 0.6) is 11.5 Å². The molecule has 0 amide bonds. The summed E-state index contributed by atoms with van der Waals surface area (Å²) in [5, 5.41) is 7.61.